The molecular weight excluding hydrogens is 268 g/mol. The summed E-state index contributed by atoms with van der Waals surface area (Å²) < 4.78 is 13.1. The van der Waals surface area contributed by atoms with Gasteiger partial charge in [-0.3, -0.25) is 14.5 Å². The minimum Gasteiger partial charge on any atom is -0.383 e. The Morgan fingerprint density at radius 1 is 1.43 bits per heavy atom. The second-order valence-electron chi connectivity index (χ2n) is 6.05. The van der Waals surface area contributed by atoms with E-state index in [0.717, 1.165) is 52.4 Å². The van der Waals surface area contributed by atoms with Gasteiger partial charge in [0.25, 0.3) is 0 Å². The van der Waals surface area contributed by atoms with Gasteiger partial charge in [0, 0.05) is 64.7 Å². The lowest BCUT2D eigenvalue weighted by atomic mass is 9.98. The largest absolute Gasteiger partial charge is 0.383 e. The van der Waals surface area contributed by atoms with Gasteiger partial charge in [-0.1, -0.05) is 0 Å². The SMILES string of the molecule is COCCN1CCO[C@H]2CCN(Cc3cnn(C)c3)C[C@@H]21. The molecule has 6 nitrogen and oxygen atoms in total. The summed E-state index contributed by atoms with van der Waals surface area (Å²) in [6, 6.07) is 0.499. The van der Waals surface area contributed by atoms with Gasteiger partial charge in [0.15, 0.2) is 0 Å². The minimum absolute atomic E-state index is 0.390. The van der Waals surface area contributed by atoms with Crippen molar-refractivity contribution < 1.29 is 9.47 Å². The molecule has 2 atom stereocenters. The molecule has 0 amide bonds. The summed E-state index contributed by atoms with van der Waals surface area (Å²) in [4.78, 5) is 5.06. The number of aromatic nitrogens is 2. The maximum atomic E-state index is 5.97. The quantitative estimate of drug-likeness (QED) is 0.783. The number of rotatable bonds is 5. The molecule has 1 aromatic rings. The van der Waals surface area contributed by atoms with Crippen LogP contribution in [0.5, 0.6) is 0 Å². The number of piperidine rings is 1. The average molecular weight is 294 g/mol. The van der Waals surface area contributed by atoms with E-state index in [0.29, 0.717) is 12.1 Å². The summed E-state index contributed by atoms with van der Waals surface area (Å²) in [7, 11) is 3.74. The third-order valence-corrected chi connectivity index (χ3v) is 4.53. The monoisotopic (exact) mass is 294 g/mol. The fourth-order valence-electron chi connectivity index (χ4n) is 3.45. The van der Waals surface area contributed by atoms with Crippen molar-refractivity contribution in [3.05, 3.63) is 18.0 Å². The molecule has 0 aliphatic carbocycles. The Hall–Kier alpha value is -0.950. The molecule has 0 bridgehead atoms. The van der Waals surface area contributed by atoms with Crippen molar-refractivity contribution in [3.8, 4) is 0 Å². The van der Waals surface area contributed by atoms with Gasteiger partial charge in [0.05, 0.1) is 25.5 Å². The second kappa shape index (κ2) is 6.87. The van der Waals surface area contributed by atoms with Gasteiger partial charge in [-0.05, 0) is 6.42 Å². The third-order valence-electron chi connectivity index (χ3n) is 4.53. The molecule has 2 aliphatic rings. The van der Waals surface area contributed by atoms with E-state index in [1.807, 2.05) is 17.9 Å². The highest BCUT2D eigenvalue weighted by atomic mass is 16.5. The lowest BCUT2D eigenvalue weighted by molar-refractivity contribution is -0.107. The molecule has 0 unspecified atom stereocenters. The molecule has 1 aromatic heterocycles. The first-order valence-corrected chi connectivity index (χ1v) is 7.80. The number of fused-ring (bicyclic) bond motifs is 1. The predicted octanol–water partition coefficient (Wildman–Crippen LogP) is 0.342. The van der Waals surface area contributed by atoms with Gasteiger partial charge in [-0.15, -0.1) is 0 Å². The standard InChI is InChI=1S/C15H26N4O2/c1-17-10-13(9-16-17)11-18-4-3-15-14(12-18)19(5-7-20-2)6-8-21-15/h9-10,14-15H,3-8,11-12H2,1-2H3/t14-,15-/m0/s1. The van der Waals surface area contributed by atoms with E-state index in [4.69, 9.17) is 9.47 Å². The zero-order valence-electron chi connectivity index (χ0n) is 13.1. The van der Waals surface area contributed by atoms with E-state index in [9.17, 15) is 0 Å². The van der Waals surface area contributed by atoms with Crippen molar-refractivity contribution in [1.29, 1.82) is 0 Å². The van der Waals surface area contributed by atoms with E-state index in [2.05, 4.69) is 21.1 Å². The van der Waals surface area contributed by atoms with Crippen LogP contribution in [0, 0.1) is 0 Å². The van der Waals surface area contributed by atoms with Gasteiger partial charge in [-0.2, -0.15) is 5.10 Å². The second-order valence-corrected chi connectivity index (χ2v) is 6.05. The predicted molar refractivity (Wildman–Crippen MR) is 80.1 cm³/mol. The van der Waals surface area contributed by atoms with Crippen molar-refractivity contribution in [2.45, 2.75) is 25.1 Å². The van der Waals surface area contributed by atoms with Crippen molar-refractivity contribution in [2.24, 2.45) is 7.05 Å². The van der Waals surface area contributed by atoms with E-state index in [-0.39, 0.29) is 0 Å². The van der Waals surface area contributed by atoms with Crippen LogP contribution in [-0.4, -0.2) is 78.2 Å². The maximum Gasteiger partial charge on any atom is 0.0755 e. The van der Waals surface area contributed by atoms with E-state index in [1.165, 1.54) is 5.56 Å². The molecule has 21 heavy (non-hydrogen) atoms. The van der Waals surface area contributed by atoms with Crippen LogP contribution in [-0.2, 0) is 23.1 Å². The molecule has 2 aliphatic heterocycles. The highest BCUT2D eigenvalue weighted by Crippen LogP contribution is 2.24. The van der Waals surface area contributed by atoms with E-state index >= 15 is 0 Å². The van der Waals surface area contributed by atoms with Crippen LogP contribution in [0.1, 0.15) is 12.0 Å². The molecule has 118 valence electrons. The summed E-state index contributed by atoms with van der Waals surface area (Å²) in [6.07, 6.45) is 5.58. The summed E-state index contributed by atoms with van der Waals surface area (Å²) >= 11 is 0. The molecule has 6 heteroatoms. The normalized spacial score (nSPS) is 27.7. The third kappa shape index (κ3) is 3.63. The van der Waals surface area contributed by atoms with Gasteiger partial charge < -0.3 is 9.47 Å². The Labute approximate surface area is 126 Å². The fraction of sp³-hybridized carbons (Fsp3) is 0.800. The molecule has 3 rings (SSSR count). The summed E-state index contributed by atoms with van der Waals surface area (Å²) in [5, 5.41) is 4.26. The van der Waals surface area contributed by atoms with E-state index in [1.54, 1.807) is 7.11 Å². The Morgan fingerprint density at radius 3 is 3.10 bits per heavy atom. The highest BCUT2D eigenvalue weighted by molar-refractivity contribution is 5.04. The van der Waals surface area contributed by atoms with Gasteiger partial charge in [-0.25, -0.2) is 0 Å². The number of nitrogens with zero attached hydrogens (tertiary/aromatic N) is 4. The molecule has 2 fully saturated rings. The first-order valence-electron chi connectivity index (χ1n) is 7.80. The van der Waals surface area contributed by atoms with Crippen molar-refractivity contribution >= 4 is 0 Å². The Kier molecular flexibility index (Phi) is 4.90. The van der Waals surface area contributed by atoms with Crippen LogP contribution in [0.25, 0.3) is 0 Å². The van der Waals surface area contributed by atoms with Crippen molar-refractivity contribution in [3.63, 3.8) is 0 Å². The molecule has 2 saturated heterocycles. The van der Waals surface area contributed by atoms with Gasteiger partial charge in [0.2, 0.25) is 0 Å². The first-order chi connectivity index (χ1) is 10.3. The molecular formula is C15H26N4O2. The van der Waals surface area contributed by atoms with Gasteiger partial charge >= 0.3 is 0 Å². The van der Waals surface area contributed by atoms with Crippen LogP contribution in [0.2, 0.25) is 0 Å². The molecule has 0 saturated carbocycles. The smallest absolute Gasteiger partial charge is 0.0755 e. The topological polar surface area (TPSA) is 42.8 Å². The molecule has 0 N–H and O–H groups in total. The number of methoxy groups -OCH3 is 1. The fourth-order valence-corrected chi connectivity index (χ4v) is 3.45. The summed E-state index contributed by atoms with van der Waals surface area (Å²) in [6.45, 7) is 6.83. The van der Waals surface area contributed by atoms with Gasteiger partial charge in [0.1, 0.15) is 0 Å². The molecule has 0 spiro atoms. The summed E-state index contributed by atoms with van der Waals surface area (Å²) in [5.74, 6) is 0. The maximum absolute atomic E-state index is 5.97. The van der Waals surface area contributed by atoms with Crippen molar-refractivity contribution in [1.82, 2.24) is 19.6 Å². The highest BCUT2D eigenvalue weighted by Gasteiger charge is 2.36. The number of aryl methyl sites for hydroxylation is 1. The molecule has 0 aromatic carbocycles. The van der Waals surface area contributed by atoms with Crippen LogP contribution >= 0.6 is 0 Å². The number of hydrogen-bond acceptors (Lipinski definition) is 5. The minimum atomic E-state index is 0.390. The Morgan fingerprint density at radius 2 is 2.33 bits per heavy atom. The lowest BCUT2D eigenvalue weighted by Gasteiger charge is -2.47. The first kappa shape index (κ1) is 15.0. The zero-order valence-corrected chi connectivity index (χ0v) is 13.1. The number of hydrogen-bond donors (Lipinski definition) is 0. The lowest BCUT2D eigenvalue weighted by Crippen LogP contribution is -2.60. The van der Waals surface area contributed by atoms with Crippen LogP contribution < -0.4 is 0 Å². The Balaban J connectivity index is 1.59. The Bertz CT molecular complexity index is 451. The van der Waals surface area contributed by atoms with Crippen LogP contribution in [0.15, 0.2) is 12.4 Å². The molecule has 0 radical (unpaired) electrons. The van der Waals surface area contributed by atoms with E-state index < -0.39 is 0 Å². The molecule has 3 heterocycles. The number of morpholine rings is 1. The number of ether oxygens (including phenoxy) is 2. The van der Waals surface area contributed by atoms with Crippen molar-refractivity contribution in [2.75, 3.05) is 46.5 Å². The number of likely N-dealkylation sites (tertiary alicyclic amines) is 1. The zero-order chi connectivity index (χ0) is 14.7. The average Bonchev–Trinajstić information content (AvgIpc) is 2.90. The van der Waals surface area contributed by atoms with Crippen LogP contribution in [0.3, 0.4) is 0 Å². The van der Waals surface area contributed by atoms with Crippen LogP contribution in [0.4, 0.5) is 0 Å². The summed E-state index contributed by atoms with van der Waals surface area (Å²) in [5.41, 5.74) is 1.29.